The third-order valence-electron chi connectivity index (χ3n) is 2.70. The summed E-state index contributed by atoms with van der Waals surface area (Å²) < 4.78 is 19.0. The minimum atomic E-state index is -0.570. The van der Waals surface area contributed by atoms with Gasteiger partial charge >= 0.3 is 0 Å². The average Bonchev–Trinajstić information content (AvgIpc) is 3.02. The van der Waals surface area contributed by atoms with Crippen molar-refractivity contribution in [2.24, 2.45) is 0 Å². The second-order valence-electron chi connectivity index (χ2n) is 3.84. The molecule has 0 amide bonds. The van der Waals surface area contributed by atoms with Gasteiger partial charge in [-0.3, -0.25) is 5.10 Å². The third kappa shape index (κ3) is 1.86. The van der Waals surface area contributed by atoms with Gasteiger partial charge in [0.05, 0.1) is 16.3 Å². The first-order valence-corrected chi connectivity index (χ1v) is 5.75. The lowest BCUT2D eigenvalue weighted by Crippen LogP contribution is -1.91. The van der Waals surface area contributed by atoms with Crippen LogP contribution in [0, 0.1) is 5.82 Å². The maximum Gasteiger partial charge on any atom is 0.230 e. The Balaban J connectivity index is 2.26. The molecule has 0 unspecified atom stereocenters. The Labute approximate surface area is 112 Å². The standard InChI is InChI=1S/C12H8ClFN4O/c13-7-3-1-2-6(10(7)14)9-11(18-19-12(9)15)8-4-5-16-17-8/h1-5H,15H2,(H,16,17). The maximum atomic E-state index is 14.1. The summed E-state index contributed by atoms with van der Waals surface area (Å²) in [4.78, 5) is 0. The van der Waals surface area contributed by atoms with Crippen molar-refractivity contribution >= 4 is 17.5 Å². The van der Waals surface area contributed by atoms with E-state index in [0.717, 1.165) is 0 Å². The van der Waals surface area contributed by atoms with Crippen LogP contribution in [0.3, 0.4) is 0 Å². The number of hydrogen-bond donors (Lipinski definition) is 2. The molecule has 0 atom stereocenters. The van der Waals surface area contributed by atoms with Crippen LogP contribution in [0.15, 0.2) is 35.0 Å². The number of nitrogen functional groups attached to an aromatic ring is 1. The zero-order valence-corrected chi connectivity index (χ0v) is 10.3. The number of aromatic amines is 1. The molecule has 0 radical (unpaired) electrons. The quantitative estimate of drug-likeness (QED) is 0.755. The summed E-state index contributed by atoms with van der Waals surface area (Å²) in [5, 5.41) is 10.4. The average molecular weight is 279 g/mol. The van der Waals surface area contributed by atoms with Gasteiger partial charge in [0.1, 0.15) is 11.5 Å². The Bertz CT molecular complexity index is 723. The van der Waals surface area contributed by atoms with Gasteiger partial charge in [0.15, 0.2) is 0 Å². The molecule has 0 aliphatic rings. The first-order valence-electron chi connectivity index (χ1n) is 5.37. The van der Waals surface area contributed by atoms with Gasteiger partial charge in [-0.05, 0) is 12.1 Å². The van der Waals surface area contributed by atoms with Crippen LogP contribution < -0.4 is 5.73 Å². The Hall–Kier alpha value is -2.34. The van der Waals surface area contributed by atoms with Gasteiger partial charge in [0.25, 0.3) is 0 Å². The molecule has 2 aromatic heterocycles. The molecular formula is C12H8ClFN4O. The molecule has 3 aromatic rings. The molecule has 0 fully saturated rings. The molecule has 5 nitrogen and oxygen atoms in total. The van der Waals surface area contributed by atoms with E-state index in [1.165, 1.54) is 6.07 Å². The number of anilines is 1. The molecule has 19 heavy (non-hydrogen) atoms. The molecule has 0 spiro atoms. The molecule has 7 heteroatoms. The van der Waals surface area contributed by atoms with Crippen molar-refractivity contribution in [3.8, 4) is 22.5 Å². The molecule has 0 saturated carbocycles. The Morgan fingerprint density at radius 2 is 2.16 bits per heavy atom. The van der Waals surface area contributed by atoms with Crippen molar-refractivity contribution in [2.75, 3.05) is 5.73 Å². The lowest BCUT2D eigenvalue weighted by atomic mass is 10.0. The number of nitrogens with two attached hydrogens (primary N) is 1. The van der Waals surface area contributed by atoms with E-state index < -0.39 is 5.82 Å². The summed E-state index contributed by atoms with van der Waals surface area (Å²) in [5.41, 5.74) is 7.27. The molecule has 96 valence electrons. The highest BCUT2D eigenvalue weighted by molar-refractivity contribution is 6.31. The summed E-state index contributed by atoms with van der Waals surface area (Å²) in [7, 11) is 0. The predicted octanol–water partition coefficient (Wildman–Crippen LogP) is 3.11. The van der Waals surface area contributed by atoms with Gasteiger partial charge in [-0.1, -0.05) is 28.9 Å². The SMILES string of the molecule is Nc1onc(-c2ccn[nH]2)c1-c1cccc(Cl)c1F. The number of hydrogen-bond acceptors (Lipinski definition) is 4. The first kappa shape index (κ1) is 11.7. The molecule has 3 rings (SSSR count). The fourth-order valence-electron chi connectivity index (χ4n) is 1.83. The summed E-state index contributed by atoms with van der Waals surface area (Å²) >= 11 is 5.77. The van der Waals surface area contributed by atoms with E-state index in [-0.39, 0.29) is 16.5 Å². The zero-order chi connectivity index (χ0) is 13.4. The van der Waals surface area contributed by atoms with Gasteiger partial charge in [-0.2, -0.15) is 5.10 Å². The van der Waals surface area contributed by atoms with Crippen LogP contribution in [0.2, 0.25) is 5.02 Å². The van der Waals surface area contributed by atoms with E-state index in [2.05, 4.69) is 15.4 Å². The van der Waals surface area contributed by atoms with E-state index in [1.54, 1.807) is 24.4 Å². The smallest absolute Gasteiger partial charge is 0.230 e. The summed E-state index contributed by atoms with van der Waals surface area (Å²) in [6.45, 7) is 0. The monoisotopic (exact) mass is 278 g/mol. The normalized spacial score (nSPS) is 10.8. The lowest BCUT2D eigenvalue weighted by molar-refractivity contribution is 0.439. The molecule has 0 bridgehead atoms. The second-order valence-corrected chi connectivity index (χ2v) is 4.25. The fraction of sp³-hybridized carbons (Fsp3) is 0. The minimum absolute atomic E-state index is 0.00802. The highest BCUT2D eigenvalue weighted by atomic mass is 35.5. The van der Waals surface area contributed by atoms with Gasteiger partial charge in [0.2, 0.25) is 5.88 Å². The van der Waals surface area contributed by atoms with Crippen LogP contribution >= 0.6 is 11.6 Å². The molecule has 0 saturated heterocycles. The van der Waals surface area contributed by atoms with E-state index in [1.807, 2.05) is 0 Å². The second kappa shape index (κ2) is 4.40. The van der Waals surface area contributed by atoms with E-state index in [4.69, 9.17) is 21.9 Å². The van der Waals surface area contributed by atoms with Gasteiger partial charge in [-0.15, -0.1) is 0 Å². The van der Waals surface area contributed by atoms with Crippen molar-refractivity contribution in [1.82, 2.24) is 15.4 Å². The van der Waals surface area contributed by atoms with Crippen molar-refractivity contribution in [2.45, 2.75) is 0 Å². The summed E-state index contributed by atoms with van der Waals surface area (Å²) in [6, 6.07) is 6.33. The minimum Gasteiger partial charge on any atom is -0.367 e. The number of nitrogens with zero attached hydrogens (tertiary/aromatic N) is 2. The van der Waals surface area contributed by atoms with Crippen molar-refractivity contribution in [3.63, 3.8) is 0 Å². The summed E-state index contributed by atoms with van der Waals surface area (Å²) in [6.07, 6.45) is 1.55. The van der Waals surface area contributed by atoms with Gasteiger partial charge in [0, 0.05) is 11.8 Å². The van der Waals surface area contributed by atoms with E-state index >= 15 is 0 Å². The van der Waals surface area contributed by atoms with Crippen LogP contribution in [-0.4, -0.2) is 15.4 Å². The Morgan fingerprint density at radius 1 is 1.32 bits per heavy atom. The van der Waals surface area contributed by atoms with Crippen molar-refractivity contribution in [1.29, 1.82) is 0 Å². The van der Waals surface area contributed by atoms with Crippen molar-refractivity contribution < 1.29 is 8.91 Å². The number of benzene rings is 1. The van der Waals surface area contributed by atoms with Crippen molar-refractivity contribution in [3.05, 3.63) is 41.3 Å². The fourth-order valence-corrected chi connectivity index (χ4v) is 2.01. The van der Waals surface area contributed by atoms with Gasteiger partial charge in [-0.25, -0.2) is 4.39 Å². The highest BCUT2D eigenvalue weighted by Crippen LogP contribution is 2.38. The Morgan fingerprint density at radius 3 is 2.89 bits per heavy atom. The molecule has 0 aliphatic carbocycles. The number of H-pyrrole nitrogens is 1. The predicted molar refractivity (Wildman–Crippen MR) is 68.9 cm³/mol. The highest BCUT2D eigenvalue weighted by Gasteiger charge is 2.21. The van der Waals surface area contributed by atoms with E-state index in [0.29, 0.717) is 17.0 Å². The number of rotatable bonds is 2. The number of aromatic nitrogens is 3. The first-order chi connectivity index (χ1) is 9.18. The van der Waals surface area contributed by atoms with Crippen LogP contribution in [-0.2, 0) is 0 Å². The molecule has 1 aromatic carbocycles. The third-order valence-corrected chi connectivity index (χ3v) is 2.99. The topological polar surface area (TPSA) is 80.7 Å². The lowest BCUT2D eigenvalue weighted by Gasteiger charge is -2.04. The molecule has 3 N–H and O–H groups in total. The Kier molecular flexibility index (Phi) is 2.72. The zero-order valence-electron chi connectivity index (χ0n) is 9.52. The van der Waals surface area contributed by atoms with Gasteiger partial charge < -0.3 is 10.3 Å². The largest absolute Gasteiger partial charge is 0.367 e. The van der Waals surface area contributed by atoms with Crippen LogP contribution in [0.5, 0.6) is 0 Å². The van der Waals surface area contributed by atoms with Crippen LogP contribution in [0.25, 0.3) is 22.5 Å². The van der Waals surface area contributed by atoms with Crippen LogP contribution in [0.1, 0.15) is 0 Å². The van der Waals surface area contributed by atoms with E-state index in [9.17, 15) is 4.39 Å². The number of nitrogens with one attached hydrogen (secondary N) is 1. The summed E-state index contributed by atoms with van der Waals surface area (Å²) in [5.74, 6) is -0.550. The van der Waals surface area contributed by atoms with Crippen LogP contribution in [0.4, 0.5) is 10.3 Å². The number of halogens is 2. The molecule has 0 aliphatic heterocycles. The molecular weight excluding hydrogens is 271 g/mol. The molecule has 2 heterocycles. The maximum absolute atomic E-state index is 14.1.